The lowest BCUT2D eigenvalue weighted by atomic mass is 9.59. The molecule has 3 rings (SSSR count). The predicted molar refractivity (Wildman–Crippen MR) is 121 cm³/mol. The molecule has 6 nitrogen and oxygen atoms in total. The molecular formula is C25H22ClF3N2O4. The summed E-state index contributed by atoms with van der Waals surface area (Å²) in [4.78, 5) is 26.0. The highest BCUT2D eigenvalue weighted by Gasteiger charge is 2.65. The van der Waals surface area contributed by atoms with Crippen LogP contribution in [0.3, 0.4) is 0 Å². The number of nitrogens with zero attached hydrogens (tertiary/aromatic N) is 1. The lowest BCUT2D eigenvalue weighted by Crippen LogP contribution is -2.63. The van der Waals surface area contributed by atoms with Gasteiger partial charge < -0.3 is 15.2 Å². The fraction of sp³-hybridized carbons (Fsp3) is 0.320. The summed E-state index contributed by atoms with van der Waals surface area (Å²) in [7, 11) is 0. The highest BCUT2D eigenvalue weighted by molar-refractivity contribution is 6.30. The van der Waals surface area contributed by atoms with Crippen LogP contribution in [0.2, 0.25) is 5.02 Å². The molecule has 0 spiro atoms. The van der Waals surface area contributed by atoms with Crippen LogP contribution < -0.4 is 5.32 Å². The fourth-order valence-electron chi connectivity index (χ4n) is 4.56. The van der Waals surface area contributed by atoms with E-state index in [1.807, 2.05) is 0 Å². The molecule has 3 unspecified atom stereocenters. The Bertz CT molecular complexity index is 1180. The Labute approximate surface area is 205 Å². The van der Waals surface area contributed by atoms with Gasteiger partial charge in [-0.15, -0.1) is 0 Å². The van der Waals surface area contributed by atoms with Gasteiger partial charge in [0, 0.05) is 23.1 Å². The standard InChI is InChI=1S/C25H22ClF3N2O4/c1-15-19(21(32)35-14-16-7-3-2-4-8-16)20(17-9-5-10-18(26)13-17)24(23(33)34,11-6-12-30)22(31-15)25(27,28)29/h2-5,7-10,13,20,22,31H,6,11,14H2,1H3,(H,33,34). The quantitative estimate of drug-likeness (QED) is 0.491. The molecule has 35 heavy (non-hydrogen) atoms. The van der Waals surface area contributed by atoms with E-state index in [2.05, 4.69) is 5.32 Å². The number of esters is 1. The molecule has 184 valence electrons. The van der Waals surface area contributed by atoms with Crippen LogP contribution in [0.4, 0.5) is 13.2 Å². The number of nitriles is 1. The zero-order valence-corrected chi connectivity index (χ0v) is 19.4. The van der Waals surface area contributed by atoms with Gasteiger partial charge in [0.15, 0.2) is 0 Å². The van der Waals surface area contributed by atoms with E-state index in [4.69, 9.17) is 21.6 Å². The molecule has 0 fully saturated rings. The second-order valence-electron chi connectivity index (χ2n) is 8.21. The van der Waals surface area contributed by atoms with Crippen LogP contribution in [0.25, 0.3) is 0 Å². The lowest BCUT2D eigenvalue weighted by molar-refractivity contribution is -0.201. The molecule has 2 aromatic rings. The van der Waals surface area contributed by atoms with E-state index < -0.39 is 48.3 Å². The zero-order valence-electron chi connectivity index (χ0n) is 18.6. The summed E-state index contributed by atoms with van der Waals surface area (Å²) >= 11 is 6.10. The minimum absolute atomic E-state index is 0.0969. The third kappa shape index (κ3) is 5.28. The van der Waals surface area contributed by atoms with Crippen molar-refractivity contribution < 1.29 is 32.6 Å². The van der Waals surface area contributed by atoms with E-state index in [1.165, 1.54) is 31.2 Å². The topological polar surface area (TPSA) is 99.4 Å². The van der Waals surface area contributed by atoms with Crippen molar-refractivity contribution in [3.05, 3.63) is 82.0 Å². The molecule has 0 bridgehead atoms. The average Bonchev–Trinajstić information content (AvgIpc) is 2.81. The van der Waals surface area contributed by atoms with Crippen molar-refractivity contribution in [3.8, 4) is 6.07 Å². The van der Waals surface area contributed by atoms with E-state index in [0.717, 1.165) is 0 Å². The third-order valence-electron chi connectivity index (χ3n) is 6.07. The third-order valence-corrected chi connectivity index (χ3v) is 6.31. The minimum atomic E-state index is -5.01. The first-order chi connectivity index (χ1) is 16.5. The van der Waals surface area contributed by atoms with E-state index in [1.54, 1.807) is 36.4 Å². The van der Waals surface area contributed by atoms with Gasteiger partial charge in [0.1, 0.15) is 18.1 Å². The molecule has 0 aromatic heterocycles. The second-order valence-corrected chi connectivity index (χ2v) is 8.65. The number of alkyl halides is 3. The van der Waals surface area contributed by atoms with Crippen molar-refractivity contribution in [2.45, 2.75) is 44.5 Å². The van der Waals surface area contributed by atoms with Gasteiger partial charge in [0.25, 0.3) is 0 Å². The maximum atomic E-state index is 14.3. The number of ether oxygens (including phenoxy) is 1. The Morgan fingerprint density at radius 3 is 2.46 bits per heavy atom. The van der Waals surface area contributed by atoms with Crippen molar-refractivity contribution in [1.29, 1.82) is 5.26 Å². The van der Waals surface area contributed by atoms with Crippen molar-refractivity contribution in [1.82, 2.24) is 5.32 Å². The SMILES string of the molecule is CC1=C(C(=O)OCc2ccccc2)C(c2cccc(Cl)c2)C(CCC#N)(C(=O)O)C(C(F)(F)F)N1. The van der Waals surface area contributed by atoms with Crippen LogP contribution in [0.1, 0.15) is 36.8 Å². The normalized spacial score (nSPS) is 22.2. The van der Waals surface area contributed by atoms with Gasteiger partial charge in [-0.1, -0.05) is 54.1 Å². The molecule has 1 aliphatic rings. The number of aliphatic carboxylic acids is 1. The predicted octanol–water partition coefficient (Wildman–Crippen LogP) is 5.35. The molecule has 3 atom stereocenters. The van der Waals surface area contributed by atoms with Crippen LogP contribution >= 0.6 is 11.6 Å². The van der Waals surface area contributed by atoms with E-state index in [0.29, 0.717) is 5.56 Å². The van der Waals surface area contributed by atoms with Crippen LogP contribution in [-0.2, 0) is 20.9 Å². The number of carboxylic acid groups (broad SMARTS) is 1. The van der Waals surface area contributed by atoms with E-state index in [-0.39, 0.29) is 28.5 Å². The number of allylic oxidation sites excluding steroid dienone is 1. The van der Waals surface area contributed by atoms with Gasteiger partial charge in [0.05, 0.1) is 11.6 Å². The van der Waals surface area contributed by atoms with Gasteiger partial charge in [-0.05, 0) is 36.6 Å². The van der Waals surface area contributed by atoms with Gasteiger partial charge >= 0.3 is 18.1 Å². The molecule has 0 aliphatic carbocycles. The van der Waals surface area contributed by atoms with Crippen LogP contribution in [-0.4, -0.2) is 29.3 Å². The molecule has 2 aromatic carbocycles. The van der Waals surface area contributed by atoms with E-state index >= 15 is 0 Å². The molecule has 1 heterocycles. The van der Waals surface area contributed by atoms with E-state index in [9.17, 15) is 27.9 Å². The largest absolute Gasteiger partial charge is 0.481 e. The average molecular weight is 507 g/mol. The maximum absolute atomic E-state index is 14.3. The number of halogens is 4. The van der Waals surface area contributed by atoms with Crippen molar-refractivity contribution in [3.63, 3.8) is 0 Å². The molecular weight excluding hydrogens is 485 g/mol. The molecule has 1 aliphatic heterocycles. The Kier molecular flexibility index (Phi) is 7.76. The summed E-state index contributed by atoms with van der Waals surface area (Å²) in [6.07, 6.45) is -6.16. The number of rotatable bonds is 7. The Morgan fingerprint density at radius 2 is 1.89 bits per heavy atom. The highest BCUT2D eigenvalue weighted by atomic mass is 35.5. The summed E-state index contributed by atoms with van der Waals surface area (Å²) < 4.78 is 48.3. The monoisotopic (exact) mass is 506 g/mol. The van der Waals surface area contributed by atoms with Crippen LogP contribution in [0, 0.1) is 16.7 Å². The van der Waals surface area contributed by atoms with Gasteiger partial charge in [-0.25, -0.2) is 4.79 Å². The Morgan fingerprint density at radius 1 is 1.20 bits per heavy atom. The summed E-state index contributed by atoms with van der Waals surface area (Å²) in [5, 5.41) is 21.8. The number of nitrogens with one attached hydrogen (secondary N) is 1. The second kappa shape index (κ2) is 10.4. The molecule has 10 heteroatoms. The summed E-state index contributed by atoms with van der Waals surface area (Å²) in [5.41, 5.74) is -2.31. The number of hydrogen-bond acceptors (Lipinski definition) is 5. The zero-order chi connectivity index (χ0) is 25.8. The molecule has 0 radical (unpaired) electrons. The summed E-state index contributed by atoms with van der Waals surface area (Å²) in [5.74, 6) is -4.36. The number of carbonyl (C=O) groups is 2. The first-order valence-corrected chi connectivity index (χ1v) is 11.0. The Hall–Kier alpha value is -3.51. The number of hydrogen-bond donors (Lipinski definition) is 2. The summed E-state index contributed by atoms with van der Waals surface area (Å²) in [6.45, 7) is 1.10. The van der Waals surface area contributed by atoms with Gasteiger partial charge in [0.2, 0.25) is 0 Å². The summed E-state index contributed by atoms with van der Waals surface area (Å²) in [6, 6.07) is 13.5. The highest BCUT2D eigenvalue weighted by Crippen LogP contribution is 2.54. The van der Waals surface area contributed by atoms with Crippen LogP contribution in [0.5, 0.6) is 0 Å². The smallest absolute Gasteiger partial charge is 0.409 e. The van der Waals surface area contributed by atoms with Gasteiger partial charge in [-0.2, -0.15) is 18.4 Å². The molecule has 0 amide bonds. The van der Waals surface area contributed by atoms with Crippen LogP contribution in [0.15, 0.2) is 65.9 Å². The fourth-order valence-corrected chi connectivity index (χ4v) is 4.76. The molecule has 2 N–H and O–H groups in total. The molecule has 0 saturated heterocycles. The lowest BCUT2D eigenvalue weighted by Gasteiger charge is -2.48. The maximum Gasteiger partial charge on any atom is 0.409 e. The number of benzene rings is 2. The van der Waals surface area contributed by atoms with Crippen molar-refractivity contribution in [2.24, 2.45) is 5.41 Å². The first-order valence-electron chi connectivity index (χ1n) is 10.6. The first kappa shape index (κ1) is 26.1. The number of carboxylic acids is 1. The minimum Gasteiger partial charge on any atom is -0.481 e. The van der Waals surface area contributed by atoms with Gasteiger partial charge in [-0.3, -0.25) is 4.79 Å². The van der Waals surface area contributed by atoms with Crippen molar-refractivity contribution >= 4 is 23.5 Å². The van der Waals surface area contributed by atoms with Crippen molar-refractivity contribution in [2.75, 3.05) is 0 Å². The number of carbonyl (C=O) groups excluding carboxylic acids is 1. The molecule has 0 saturated carbocycles. The Balaban J connectivity index is 2.22.